The quantitative estimate of drug-likeness (QED) is 0.497. The van der Waals surface area contributed by atoms with Crippen molar-refractivity contribution in [2.24, 2.45) is 0 Å². The van der Waals surface area contributed by atoms with E-state index in [2.05, 4.69) is 10.6 Å². The third-order valence-corrected chi connectivity index (χ3v) is 6.17. The molecule has 2 rings (SSSR count). The van der Waals surface area contributed by atoms with Crippen LogP contribution in [0.5, 0.6) is 0 Å². The maximum absolute atomic E-state index is 13.5. The molecule has 0 aliphatic heterocycles. The molecule has 2 N–H and O–H groups in total. The molecule has 0 atom stereocenters. The molecule has 0 heterocycles. The van der Waals surface area contributed by atoms with Crippen LogP contribution in [-0.2, 0) is 15.8 Å². The van der Waals surface area contributed by atoms with E-state index in [-0.39, 0.29) is 5.82 Å². The van der Waals surface area contributed by atoms with Crippen molar-refractivity contribution in [2.75, 3.05) is 35.2 Å². The zero-order valence-corrected chi connectivity index (χ0v) is 17.6. The second-order valence-corrected chi connectivity index (χ2v) is 9.33. The molecule has 27 heavy (non-hydrogen) atoms. The first kappa shape index (κ1) is 21.5. The summed E-state index contributed by atoms with van der Waals surface area (Å²) in [6.07, 6.45) is 1.15. The summed E-state index contributed by atoms with van der Waals surface area (Å²) in [5.74, 6) is 1.19. The van der Waals surface area contributed by atoms with E-state index in [0.717, 1.165) is 12.0 Å². The van der Waals surface area contributed by atoms with Crippen LogP contribution >= 0.6 is 24.0 Å². The van der Waals surface area contributed by atoms with Gasteiger partial charge in [0, 0.05) is 30.8 Å². The van der Waals surface area contributed by atoms with E-state index in [1.165, 1.54) is 17.4 Å². The van der Waals surface area contributed by atoms with Crippen LogP contribution in [0.1, 0.15) is 5.56 Å². The lowest BCUT2D eigenvalue weighted by atomic mass is 10.2. The molecule has 9 heteroatoms. The summed E-state index contributed by atoms with van der Waals surface area (Å²) in [5, 5.41) is 6.57. The highest BCUT2D eigenvalue weighted by Gasteiger charge is 2.12. The smallest absolute Gasteiger partial charge is 0.231 e. The van der Waals surface area contributed by atoms with E-state index in [4.69, 9.17) is 12.2 Å². The lowest BCUT2D eigenvalue weighted by Gasteiger charge is -2.18. The predicted octanol–water partition coefficient (Wildman–Crippen LogP) is 3.44. The molecule has 5 nitrogen and oxygen atoms in total. The van der Waals surface area contributed by atoms with Gasteiger partial charge in [-0.25, -0.2) is 12.8 Å². The van der Waals surface area contributed by atoms with Crippen molar-refractivity contribution in [1.29, 1.82) is 0 Å². The van der Waals surface area contributed by atoms with Gasteiger partial charge in [0.1, 0.15) is 5.82 Å². The van der Waals surface area contributed by atoms with Gasteiger partial charge in [-0.15, -0.1) is 0 Å². The van der Waals surface area contributed by atoms with Crippen LogP contribution in [0.4, 0.5) is 15.8 Å². The van der Waals surface area contributed by atoms with Gasteiger partial charge < -0.3 is 10.6 Å². The lowest BCUT2D eigenvalue weighted by molar-refractivity contribution is 0.600. The second kappa shape index (κ2) is 9.91. The van der Waals surface area contributed by atoms with Crippen LogP contribution < -0.4 is 14.9 Å². The number of thioether (sulfide) groups is 1. The normalized spacial score (nSPS) is 11.1. The van der Waals surface area contributed by atoms with E-state index in [1.807, 2.05) is 6.07 Å². The average Bonchev–Trinajstić information content (AvgIpc) is 2.61. The SMILES string of the molecule is CN(c1cccc(NC(=S)NCCSCc2ccccc2F)c1)S(C)(=O)=O. The summed E-state index contributed by atoms with van der Waals surface area (Å²) in [6.45, 7) is 0.633. The van der Waals surface area contributed by atoms with Gasteiger partial charge in [0.25, 0.3) is 0 Å². The third-order valence-electron chi connectivity index (χ3n) is 3.71. The number of benzene rings is 2. The summed E-state index contributed by atoms with van der Waals surface area (Å²) in [4.78, 5) is 0. The molecule has 0 aromatic heterocycles. The molecular weight excluding hydrogens is 405 g/mol. The van der Waals surface area contributed by atoms with Crippen molar-refractivity contribution in [2.45, 2.75) is 5.75 Å². The molecule has 146 valence electrons. The van der Waals surface area contributed by atoms with Crippen molar-refractivity contribution in [3.8, 4) is 0 Å². The van der Waals surface area contributed by atoms with Gasteiger partial charge in [-0.2, -0.15) is 11.8 Å². The van der Waals surface area contributed by atoms with Crippen molar-refractivity contribution in [3.05, 3.63) is 59.9 Å². The lowest BCUT2D eigenvalue weighted by Crippen LogP contribution is -2.30. The van der Waals surface area contributed by atoms with Crippen molar-refractivity contribution >= 4 is 50.5 Å². The first-order valence-corrected chi connectivity index (χ1v) is 11.6. The Balaban J connectivity index is 1.77. The summed E-state index contributed by atoms with van der Waals surface area (Å²) < 4.78 is 38.0. The number of hydrogen-bond acceptors (Lipinski definition) is 4. The zero-order chi connectivity index (χ0) is 19.9. The predicted molar refractivity (Wildman–Crippen MR) is 116 cm³/mol. The molecule has 0 saturated heterocycles. The monoisotopic (exact) mass is 427 g/mol. The number of hydrogen-bond donors (Lipinski definition) is 2. The number of nitrogens with one attached hydrogen (secondary N) is 2. The van der Waals surface area contributed by atoms with Crippen molar-refractivity contribution < 1.29 is 12.8 Å². The Hall–Kier alpha value is -1.84. The Labute approximate surface area is 169 Å². The Morgan fingerprint density at radius 1 is 1.22 bits per heavy atom. The fourth-order valence-electron chi connectivity index (χ4n) is 2.18. The number of rotatable bonds is 8. The van der Waals surface area contributed by atoms with Gasteiger partial charge in [-0.1, -0.05) is 24.3 Å². The molecule has 0 radical (unpaired) electrons. The Morgan fingerprint density at radius 3 is 2.67 bits per heavy atom. The molecule has 0 bridgehead atoms. The van der Waals surface area contributed by atoms with Gasteiger partial charge in [0.05, 0.1) is 11.9 Å². The summed E-state index contributed by atoms with van der Waals surface area (Å²) in [6, 6.07) is 13.7. The van der Waals surface area contributed by atoms with Crippen molar-refractivity contribution in [3.63, 3.8) is 0 Å². The molecule has 2 aromatic carbocycles. The zero-order valence-electron chi connectivity index (χ0n) is 15.1. The minimum atomic E-state index is -3.32. The number of nitrogens with zero attached hydrogens (tertiary/aromatic N) is 1. The fourth-order valence-corrected chi connectivity index (χ4v) is 3.74. The first-order valence-electron chi connectivity index (χ1n) is 8.17. The van der Waals surface area contributed by atoms with E-state index < -0.39 is 10.0 Å². The molecule has 0 amide bonds. The van der Waals surface area contributed by atoms with Crippen LogP contribution in [0.15, 0.2) is 48.5 Å². The second-order valence-electron chi connectivity index (χ2n) is 5.81. The summed E-state index contributed by atoms with van der Waals surface area (Å²) in [5.41, 5.74) is 1.93. The maximum atomic E-state index is 13.5. The van der Waals surface area contributed by atoms with Crippen molar-refractivity contribution in [1.82, 2.24) is 5.32 Å². The highest BCUT2D eigenvalue weighted by molar-refractivity contribution is 7.98. The standard InChI is InChI=1S/C18H22FN3O2S3/c1-22(27(2,23)24)16-8-5-7-15(12-16)21-18(25)20-10-11-26-13-14-6-3-4-9-17(14)19/h3-9,12H,10-11,13H2,1-2H3,(H2,20,21,25). The number of thiocarbonyl (C=S) groups is 1. The summed E-state index contributed by atoms with van der Waals surface area (Å²) >= 11 is 6.87. The van der Waals surface area contributed by atoms with Gasteiger partial charge >= 0.3 is 0 Å². The molecule has 0 unspecified atom stereocenters. The average molecular weight is 428 g/mol. The van der Waals surface area contributed by atoms with Crippen LogP contribution in [0, 0.1) is 5.82 Å². The minimum Gasteiger partial charge on any atom is -0.362 e. The first-order chi connectivity index (χ1) is 12.8. The van der Waals surface area contributed by atoms with Crippen LogP contribution in [-0.4, -0.2) is 39.1 Å². The molecule has 0 fully saturated rings. The van der Waals surface area contributed by atoms with E-state index in [1.54, 1.807) is 48.2 Å². The molecule has 0 aliphatic rings. The van der Waals surface area contributed by atoms with E-state index in [9.17, 15) is 12.8 Å². The van der Waals surface area contributed by atoms with Gasteiger partial charge in [0.15, 0.2) is 5.11 Å². The van der Waals surface area contributed by atoms with Gasteiger partial charge in [-0.3, -0.25) is 4.31 Å². The molecule has 2 aromatic rings. The highest BCUT2D eigenvalue weighted by Crippen LogP contribution is 2.20. The third kappa shape index (κ3) is 7.00. The Kier molecular flexibility index (Phi) is 7.88. The minimum absolute atomic E-state index is 0.186. The van der Waals surface area contributed by atoms with E-state index in [0.29, 0.717) is 34.3 Å². The van der Waals surface area contributed by atoms with E-state index >= 15 is 0 Å². The van der Waals surface area contributed by atoms with Crippen LogP contribution in [0.25, 0.3) is 0 Å². The number of sulfonamides is 1. The Bertz CT molecular complexity index is 891. The molecule has 0 aliphatic carbocycles. The number of halogens is 1. The van der Waals surface area contributed by atoms with Gasteiger partial charge in [0.2, 0.25) is 10.0 Å². The molecule has 0 saturated carbocycles. The maximum Gasteiger partial charge on any atom is 0.231 e. The topological polar surface area (TPSA) is 61.4 Å². The summed E-state index contributed by atoms with van der Waals surface area (Å²) in [7, 11) is -1.82. The Morgan fingerprint density at radius 2 is 1.96 bits per heavy atom. The number of anilines is 2. The van der Waals surface area contributed by atoms with Gasteiger partial charge in [-0.05, 0) is 42.0 Å². The highest BCUT2D eigenvalue weighted by atomic mass is 32.2. The fraction of sp³-hybridized carbons (Fsp3) is 0.278. The van der Waals surface area contributed by atoms with Crippen LogP contribution in [0.3, 0.4) is 0 Å². The van der Waals surface area contributed by atoms with Crippen LogP contribution in [0.2, 0.25) is 0 Å². The molecule has 0 spiro atoms. The largest absolute Gasteiger partial charge is 0.362 e. The molecular formula is C18H22FN3O2S3.